The summed E-state index contributed by atoms with van der Waals surface area (Å²) in [5, 5.41) is 0.756. The number of benzene rings is 2. The van der Waals surface area contributed by atoms with Crippen LogP contribution in [0.25, 0.3) is 11.3 Å². The first kappa shape index (κ1) is 26.2. The number of amides is 1. The Labute approximate surface area is 228 Å². The fourth-order valence-electron chi connectivity index (χ4n) is 5.03. The molecule has 2 saturated heterocycles. The molecule has 5 rings (SSSR count). The highest BCUT2D eigenvalue weighted by molar-refractivity contribution is 7.98. The number of hydrogen-bond acceptors (Lipinski definition) is 7. The lowest BCUT2D eigenvalue weighted by Crippen LogP contribution is -2.42. The van der Waals surface area contributed by atoms with E-state index in [0.29, 0.717) is 31.0 Å². The van der Waals surface area contributed by atoms with Gasteiger partial charge in [0.05, 0.1) is 18.2 Å². The van der Waals surface area contributed by atoms with Crippen molar-refractivity contribution < 1.29 is 14.3 Å². The predicted octanol–water partition coefficient (Wildman–Crippen LogP) is 5.45. The van der Waals surface area contributed by atoms with Gasteiger partial charge in [0.25, 0.3) is 5.91 Å². The summed E-state index contributed by atoms with van der Waals surface area (Å²) in [5.74, 6) is 1.22. The normalized spacial score (nSPS) is 17.4. The minimum absolute atomic E-state index is 0.0349. The SMILES string of the molecule is CCOC(=O)C1CCCN(C(=O)c2ccc(CSc3nc(-c4ccccc4)cc(N4CCCC4)n3)cc2)C1. The maximum absolute atomic E-state index is 13.1. The first-order chi connectivity index (χ1) is 18.6. The summed E-state index contributed by atoms with van der Waals surface area (Å²) >= 11 is 1.61. The number of carbonyl (C=O) groups is 2. The second kappa shape index (κ2) is 12.4. The maximum atomic E-state index is 13.1. The summed E-state index contributed by atoms with van der Waals surface area (Å²) in [4.78, 5) is 39.1. The third-order valence-corrected chi connectivity index (χ3v) is 8.01. The highest BCUT2D eigenvalue weighted by atomic mass is 32.2. The average Bonchev–Trinajstić information content (AvgIpc) is 3.52. The molecule has 38 heavy (non-hydrogen) atoms. The second-order valence-electron chi connectivity index (χ2n) is 9.78. The number of hydrogen-bond donors (Lipinski definition) is 0. The minimum Gasteiger partial charge on any atom is -0.466 e. The number of ether oxygens (including phenoxy) is 1. The van der Waals surface area contributed by atoms with Gasteiger partial charge in [0.1, 0.15) is 5.82 Å². The summed E-state index contributed by atoms with van der Waals surface area (Å²) in [6.07, 6.45) is 3.97. The van der Waals surface area contributed by atoms with Crippen molar-refractivity contribution in [2.24, 2.45) is 5.92 Å². The molecule has 198 valence electrons. The summed E-state index contributed by atoms with van der Waals surface area (Å²) in [7, 11) is 0. The molecule has 1 amide bonds. The number of aromatic nitrogens is 2. The van der Waals surface area contributed by atoms with E-state index >= 15 is 0 Å². The van der Waals surface area contributed by atoms with E-state index in [1.165, 1.54) is 12.8 Å². The summed E-state index contributed by atoms with van der Waals surface area (Å²) in [5.41, 5.74) is 3.77. The molecule has 2 aromatic carbocycles. The number of nitrogens with zero attached hydrogens (tertiary/aromatic N) is 4. The van der Waals surface area contributed by atoms with Crippen LogP contribution < -0.4 is 4.90 Å². The Balaban J connectivity index is 1.25. The Bertz CT molecular complexity index is 1250. The third kappa shape index (κ3) is 6.35. The van der Waals surface area contributed by atoms with Gasteiger partial charge in [-0.2, -0.15) is 0 Å². The van der Waals surface area contributed by atoms with Crippen molar-refractivity contribution in [3.05, 3.63) is 71.8 Å². The van der Waals surface area contributed by atoms with Crippen molar-refractivity contribution in [1.82, 2.24) is 14.9 Å². The van der Waals surface area contributed by atoms with Gasteiger partial charge in [-0.1, -0.05) is 54.2 Å². The largest absolute Gasteiger partial charge is 0.466 e. The summed E-state index contributed by atoms with van der Waals surface area (Å²) in [6, 6.07) is 20.1. The zero-order chi connectivity index (χ0) is 26.3. The Morgan fingerprint density at radius 1 is 0.974 bits per heavy atom. The summed E-state index contributed by atoms with van der Waals surface area (Å²) in [6.45, 7) is 5.32. The molecule has 3 heterocycles. The zero-order valence-electron chi connectivity index (χ0n) is 21.8. The topological polar surface area (TPSA) is 75.6 Å². The van der Waals surface area contributed by atoms with Crippen LogP contribution >= 0.6 is 11.8 Å². The van der Waals surface area contributed by atoms with Crippen LogP contribution in [0.4, 0.5) is 5.82 Å². The lowest BCUT2D eigenvalue weighted by atomic mass is 9.97. The third-order valence-electron chi connectivity index (χ3n) is 7.09. The number of esters is 1. The van der Waals surface area contributed by atoms with Gasteiger partial charge in [-0.05, 0) is 50.3 Å². The molecule has 0 spiro atoms. The molecule has 7 nitrogen and oxygen atoms in total. The molecular weight excluding hydrogens is 496 g/mol. The molecule has 1 atom stereocenters. The van der Waals surface area contributed by atoms with Crippen molar-refractivity contribution in [3.8, 4) is 11.3 Å². The number of likely N-dealkylation sites (tertiary alicyclic amines) is 1. The van der Waals surface area contributed by atoms with Crippen LogP contribution in [0.5, 0.6) is 0 Å². The van der Waals surface area contributed by atoms with Gasteiger partial charge in [-0.15, -0.1) is 0 Å². The van der Waals surface area contributed by atoms with Crippen molar-refractivity contribution in [3.63, 3.8) is 0 Å². The van der Waals surface area contributed by atoms with Crippen LogP contribution in [-0.4, -0.2) is 59.5 Å². The number of rotatable bonds is 8. The van der Waals surface area contributed by atoms with E-state index in [1.807, 2.05) is 49.4 Å². The molecule has 0 bridgehead atoms. The molecule has 3 aromatic rings. The fourth-order valence-corrected chi connectivity index (χ4v) is 5.84. The average molecular weight is 531 g/mol. The highest BCUT2D eigenvalue weighted by Crippen LogP contribution is 2.29. The van der Waals surface area contributed by atoms with Gasteiger partial charge >= 0.3 is 5.97 Å². The molecule has 2 aliphatic heterocycles. The molecule has 0 N–H and O–H groups in total. The lowest BCUT2D eigenvalue weighted by molar-refractivity contribution is -0.149. The molecule has 0 saturated carbocycles. The van der Waals surface area contributed by atoms with Crippen molar-refractivity contribution in [2.45, 2.75) is 43.5 Å². The van der Waals surface area contributed by atoms with Crippen LogP contribution in [0, 0.1) is 5.92 Å². The maximum Gasteiger partial charge on any atom is 0.310 e. The first-order valence-corrected chi connectivity index (χ1v) is 14.5. The number of anilines is 1. The molecule has 1 aromatic heterocycles. The fraction of sp³-hybridized carbons (Fsp3) is 0.400. The predicted molar refractivity (Wildman–Crippen MR) is 150 cm³/mol. The Kier molecular flexibility index (Phi) is 8.58. The molecule has 8 heteroatoms. The van der Waals surface area contributed by atoms with E-state index in [9.17, 15) is 9.59 Å². The molecule has 2 fully saturated rings. The standard InChI is InChI=1S/C30H34N4O3S/c1-2-37-29(36)25-11-8-18-34(20-25)28(35)24-14-12-22(13-15-24)21-38-30-31-26(23-9-4-3-5-10-23)19-27(32-30)33-16-6-7-17-33/h3-5,9-10,12-15,19,25H,2,6-8,11,16-18,20-21H2,1H3. The van der Waals surface area contributed by atoms with E-state index in [-0.39, 0.29) is 17.8 Å². The quantitative estimate of drug-likeness (QED) is 0.218. The van der Waals surface area contributed by atoms with Crippen molar-refractivity contribution >= 4 is 29.5 Å². The highest BCUT2D eigenvalue weighted by Gasteiger charge is 2.29. The van der Waals surface area contributed by atoms with E-state index in [0.717, 1.165) is 53.7 Å². The smallest absolute Gasteiger partial charge is 0.310 e. The molecule has 0 radical (unpaired) electrons. The van der Waals surface area contributed by atoms with Gasteiger partial charge in [-0.25, -0.2) is 9.97 Å². The van der Waals surface area contributed by atoms with Crippen LogP contribution in [0.15, 0.2) is 65.8 Å². The molecular formula is C30H34N4O3S. The second-order valence-corrected chi connectivity index (χ2v) is 10.7. The van der Waals surface area contributed by atoms with Gasteiger partial charge in [0, 0.05) is 49.1 Å². The Morgan fingerprint density at radius 3 is 2.47 bits per heavy atom. The van der Waals surface area contributed by atoms with E-state index < -0.39 is 0 Å². The Hall–Kier alpha value is -3.39. The lowest BCUT2D eigenvalue weighted by Gasteiger charge is -2.31. The van der Waals surface area contributed by atoms with Crippen LogP contribution in [0.2, 0.25) is 0 Å². The molecule has 2 aliphatic rings. The van der Waals surface area contributed by atoms with Gasteiger partial charge in [-0.3, -0.25) is 9.59 Å². The van der Waals surface area contributed by atoms with Crippen LogP contribution in [-0.2, 0) is 15.3 Å². The van der Waals surface area contributed by atoms with E-state index in [2.05, 4.69) is 23.1 Å². The molecule has 0 aliphatic carbocycles. The Morgan fingerprint density at radius 2 is 1.74 bits per heavy atom. The monoisotopic (exact) mass is 530 g/mol. The van der Waals surface area contributed by atoms with Crippen molar-refractivity contribution in [2.75, 3.05) is 37.7 Å². The zero-order valence-corrected chi connectivity index (χ0v) is 22.7. The number of carbonyl (C=O) groups excluding carboxylic acids is 2. The summed E-state index contributed by atoms with van der Waals surface area (Å²) < 4.78 is 5.17. The van der Waals surface area contributed by atoms with Crippen LogP contribution in [0.1, 0.15) is 48.5 Å². The van der Waals surface area contributed by atoms with Gasteiger partial charge in [0.2, 0.25) is 0 Å². The van der Waals surface area contributed by atoms with Gasteiger partial charge in [0.15, 0.2) is 5.16 Å². The minimum atomic E-state index is -0.236. The van der Waals surface area contributed by atoms with Crippen molar-refractivity contribution in [1.29, 1.82) is 0 Å². The first-order valence-electron chi connectivity index (χ1n) is 13.5. The van der Waals surface area contributed by atoms with E-state index in [4.69, 9.17) is 14.7 Å². The van der Waals surface area contributed by atoms with Gasteiger partial charge < -0.3 is 14.5 Å². The number of thioether (sulfide) groups is 1. The molecule has 1 unspecified atom stereocenters. The van der Waals surface area contributed by atoms with E-state index in [1.54, 1.807) is 16.7 Å². The number of piperidine rings is 1. The van der Waals surface area contributed by atoms with Crippen LogP contribution in [0.3, 0.4) is 0 Å².